The van der Waals surface area contributed by atoms with Gasteiger partial charge in [0.1, 0.15) is 0 Å². The molecule has 2 atom stereocenters. The van der Waals surface area contributed by atoms with Gasteiger partial charge in [0.2, 0.25) is 6.41 Å². The van der Waals surface area contributed by atoms with Crippen LogP contribution in [0.4, 0.5) is 0 Å². The summed E-state index contributed by atoms with van der Waals surface area (Å²) < 4.78 is 9.69. The van der Waals surface area contributed by atoms with Crippen molar-refractivity contribution in [2.75, 3.05) is 13.2 Å². The minimum Gasteiger partial charge on any atom is -0.391 e. The molecule has 0 spiro atoms. The molecule has 0 bridgehead atoms. The van der Waals surface area contributed by atoms with Gasteiger partial charge in [0, 0.05) is 0 Å². The van der Waals surface area contributed by atoms with Crippen LogP contribution in [0.1, 0.15) is 6.42 Å². The van der Waals surface area contributed by atoms with Crippen molar-refractivity contribution in [3.8, 4) is 0 Å². The van der Waals surface area contributed by atoms with E-state index in [0.717, 1.165) is 0 Å². The van der Waals surface area contributed by atoms with E-state index < -0.39 is 12.5 Å². The molecule has 0 amide bonds. The van der Waals surface area contributed by atoms with Gasteiger partial charge < -0.3 is 14.6 Å². The molecule has 3 N–H and O–H groups in total. The first-order valence-electron chi connectivity index (χ1n) is 2.96. The lowest BCUT2D eigenvalue weighted by atomic mass is 10.3. The molecular weight excluding hydrogens is 122 g/mol. The normalized spacial score (nSPS) is 38.0. The van der Waals surface area contributed by atoms with Gasteiger partial charge in [0.25, 0.3) is 0 Å². The molecule has 0 saturated carbocycles. The highest BCUT2D eigenvalue weighted by molar-refractivity contribution is 4.55. The fraction of sp³-hybridized carbons (Fsp3) is 1.00. The minimum absolute atomic E-state index is 0.279. The fourth-order valence-electron chi connectivity index (χ4n) is 0.658. The SMILES string of the molecule is NC1OCCC(O)CO1. The lowest BCUT2D eigenvalue weighted by Crippen LogP contribution is -2.26. The van der Waals surface area contributed by atoms with E-state index >= 15 is 0 Å². The van der Waals surface area contributed by atoms with Crippen LogP contribution >= 0.6 is 0 Å². The van der Waals surface area contributed by atoms with Crippen molar-refractivity contribution in [3.63, 3.8) is 0 Å². The summed E-state index contributed by atoms with van der Waals surface area (Å²) in [6, 6.07) is 0. The zero-order chi connectivity index (χ0) is 6.69. The van der Waals surface area contributed by atoms with E-state index in [9.17, 15) is 0 Å². The molecule has 4 heteroatoms. The van der Waals surface area contributed by atoms with Gasteiger partial charge in [-0.05, 0) is 6.42 Å². The molecule has 0 aromatic heterocycles. The van der Waals surface area contributed by atoms with Crippen LogP contribution in [0, 0.1) is 0 Å². The van der Waals surface area contributed by atoms with E-state index in [0.29, 0.717) is 13.0 Å². The lowest BCUT2D eigenvalue weighted by molar-refractivity contribution is -0.127. The van der Waals surface area contributed by atoms with Crippen molar-refractivity contribution < 1.29 is 14.6 Å². The third-order valence-electron chi connectivity index (χ3n) is 1.19. The Balaban J connectivity index is 2.25. The molecule has 0 radical (unpaired) electrons. The topological polar surface area (TPSA) is 64.7 Å². The van der Waals surface area contributed by atoms with Crippen LogP contribution in [0.15, 0.2) is 0 Å². The summed E-state index contributed by atoms with van der Waals surface area (Å²) in [5.41, 5.74) is 5.24. The second-order valence-corrected chi connectivity index (χ2v) is 2.02. The monoisotopic (exact) mass is 133 g/mol. The molecule has 9 heavy (non-hydrogen) atoms. The smallest absolute Gasteiger partial charge is 0.213 e. The Labute approximate surface area is 53.6 Å². The van der Waals surface area contributed by atoms with E-state index in [4.69, 9.17) is 20.3 Å². The van der Waals surface area contributed by atoms with Gasteiger partial charge in [-0.1, -0.05) is 0 Å². The predicted octanol–water partition coefficient (Wildman–Crippen LogP) is -0.974. The summed E-state index contributed by atoms with van der Waals surface area (Å²) >= 11 is 0. The van der Waals surface area contributed by atoms with Crippen LogP contribution in [-0.2, 0) is 9.47 Å². The highest BCUT2D eigenvalue weighted by Gasteiger charge is 2.13. The molecule has 0 aromatic carbocycles. The molecule has 1 rings (SSSR count). The Morgan fingerprint density at radius 2 is 2.22 bits per heavy atom. The van der Waals surface area contributed by atoms with E-state index in [1.54, 1.807) is 0 Å². The first kappa shape index (κ1) is 6.95. The van der Waals surface area contributed by atoms with Crippen LogP contribution in [0.3, 0.4) is 0 Å². The van der Waals surface area contributed by atoms with Gasteiger partial charge in [0.15, 0.2) is 0 Å². The van der Waals surface area contributed by atoms with Crippen LogP contribution in [0.2, 0.25) is 0 Å². The van der Waals surface area contributed by atoms with Crippen molar-refractivity contribution >= 4 is 0 Å². The van der Waals surface area contributed by atoms with E-state index in [2.05, 4.69) is 0 Å². The van der Waals surface area contributed by atoms with Gasteiger partial charge in [0.05, 0.1) is 19.3 Å². The van der Waals surface area contributed by atoms with Crippen LogP contribution < -0.4 is 5.73 Å². The van der Waals surface area contributed by atoms with Crippen molar-refractivity contribution in [2.24, 2.45) is 5.73 Å². The van der Waals surface area contributed by atoms with Gasteiger partial charge in [-0.15, -0.1) is 0 Å². The zero-order valence-electron chi connectivity index (χ0n) is 5.12. The van der Waals surface area contributed by atoms with E-state index in [1.165, 1.54) is 0 Å². The standard InChI is InChI=1S/C5H11NO3/c6-5-8-2-1-4(7)3-9-5/h4-5,7H,1-3,6H2. The fourth-order valence-corrected chi connectivity index (χ4v) is 0.658. The molecule has 4 nitrogen and oxygen atoms in total. The van der Waals surface area contributed by atoms with E-state index in [1.807, 2.05) is 0 Å². The number of aliphatic hydroxyl groups is 1. The number of hydrogen-bond acceptors (Lipinski definition) is 4. The largest absolute Gasteiger partial charge is 0.391 e. The summed E-state index contributed by atoms with van der Waals surface area (Å²) in [7, 11) is 0. The molecule has 1 aliphatic rings. The Morgan fingerprint density at radius 3 is 3.00 bits per heavy atom. The molecule has 1 aliphatic heterocycles. The molecular formula is C5H11NO3. The Kier molecular flexibility index (Phi) is 2.41. The first-order chi connectivity index (χ1) is 4.29. The number of rotatable bonds is 0. The average Bonchev–Trinajstić information content (AvgIpc) is 1.97. The Bertz CT molecular complexity index is 78.3. The lowest BCUT2D eigenvalue weighted by Gasteiger charge is -2.07. The van der Waals surface area contributed by atoms with Crippen molar-refractivity contribution in [3.05, 3.63) is 0 Å². The maximum Gasteiger partial charge on any atom is 0.213 e. The number of ether oxygens (including phenoxy) is 2. The predicted molar refractivity (Wildman–Crippen MR) is 30.5 cm³/mol. The van der Waals surface area contributed by atoms with Crippen LogP contribution in [-0.4, -0.2) is 30.8 Å². The average molecular weight is 133 g/mol. The van der Waals surface area contributed by atoms with Crippen LogP contribution in [0.5, 0.6) is 0 Å². The highest BCUT2D eigenvalue weighted by Crippen LogP contribution is 2.01. The molecule has 54 valence electrons. The molecule has 1 saturated heterocycles. The minimum atomic E-state index is -0.651. The summed E-state index contributed by atoms with van der Waals surface area (Å²) in [6.07, 6.45) is -0.464. The zero-order valence-corrected chi connectivity index (χ0v) is 5.12. The Morgan fingerprint density at radius 1 is 1.44 bits per heavy atom. The number of nitrogens with two attached hydrogens (primary N) is 1. The summed E-state index contributed by atoms with van der Waals surface area (Å²) in [5.74, 6) is 0. The molecule has 0 aliphatic carbocycles. The van der Waals surface area contributed by atoms with Crippen molar-refractivity contribution in [2.45, 2.75) is 18.9 Å². The summed E-state index contributed by atoms with van der Waals surface area (Å²) in [6.45, 7) is 0.753. The van der Waals surface area contributed by atoms with Gasteiger partial charge >= 0.3 is 0 Å². The molecule has 1 heterocycles. The van der Waals surface area contributed by atoms with Crippen LogP contribution in [0.25, 0.3) is 0 Å². The molecule has 0 aromatic rings. The maximum absolute atomic E-state index is 8.95. The number of aliphatic hydroxyl groups excluding tert-OH is 1. The first-order valence-corrected chi connectivity index (χ1v) is 2.96. The van der Waals surface area contributed by atoms with Gasteiger partial charge in [-0.25, -0.2) is 0 Å². The second-order valence-electron chi connectivity index (χ2n) is 2.02. The van der Waals surface area contributed by atoms with E-state index in [-0.39, 0.29) is 6.61 Å². The second kappa shape index (κ2) is 3.12. The third-order valence-corrected chi connectivity index (χ3v) is 1.19. The molecule has 1 fully saturated rings. The quantitative estimate of drug-likeness (QED) is 0.446. The van der Waals surface area contributed by atoms with Gasteiger partial charge in [-0.2, -0.15) is 0 Å². The van der Waals surface area contributed by atoms with Crippen molar-refractivity contribution in [1.29, 1.82) is 0 Å². The molecule has 2 unspecified atom stereocenters. The third kappa shape index (κ3) is 2.28. The summed E-state index contributed by atoms with van der Waals surface area (Å²) in [5, 5.41) is 8.95. The Hall–Kier alpha value is -0.160. The number of hydrogen-bond donors (Lipinski definition) is 2. The highest BCUT2D eigenvalue weighted by atomic mass is 16.7. The summed E-state index contributed by atoms with van der Waals surface area (Å²) in [4.78, 5) is 0. The van der Waals surface area contributed by atoms with Crippen molar-refractivity contribution in [1.82, 2.24) is 0 Å². The van der Waals surface area contributed by atoms with Gasteiger partial charge in [-0.3, -0.25) is 5.73 Å². The maximum atomic E-state index is 8.95.